The molecule has 2 aromatic heterocycles. The summed E-state index contributed by atoms with van der Waals surface area (Å²) < 4.78 is 11.7. The molecule has 0 fully saturated rings. The number of aryl methyl sites for hydroxylation is 2. The third-order valence-corrected chi connectivity index (χ3v) is 5.91. The number of hydrogen-bond donors (Lipinski definition) is 1. The summed E-state index contributed by atoms with van der Waals surface area (Å²) in [6.45, 7) is 10.2. The van der Waals surface area contributed by atoms with Gasteiger partial charge in [-0.2, -0.15) is 0 Å². The molecule has 1 N–H and O–H groups in total. The number of aromatic nitrogens is 4. The SMILES string of the molecule is CCc1ncnc(-c2cccnc2Oc2cc(NC(=O)c3cc(C(C)(C)C)ccc3OC)ccc2C)n1. The maximum atomic E-state index is 13.3. The van der Waals surface area contributed by atoms with Gasteiger partial charge in [0.15, 0.2) is 5.82 Å². The van der Waals surface area contributed by atoms with Gasteiger partial charge in [-0.3, -0.25) is 4.79 Å². The predicted molar refractivity (Wildman–Crippen MR) is 143 cm³/mol. The van der Waals surface area contributed by atoms with Crippen molar-refractivity contribution in [2.45, 2.75) is 46.5 Å². The van der Waals surface area contributed by atoms with Crippen molar-refractivity contribution < 1.29 is 14.3 Å². The van der Waals surface area contributed by atoms with Gasteiger partial charge in [0.1, 0.15) is 23.7 Å². The summed E-state index contributed by atoms with van der Waals surface area (Å²) >= 11 is 0. The van der Waals surface area contributed by atoms with E-state index >= 15 is 0 Å². The first-order chi connectivity index (χ1) is 17.7. The molecular formula is C29H31N5O3. The molecule has 0 saturated carbocycles. The second-order valence-corrected chi connectivity index (χ2v) is 9.64. The van der Waals surface area contributed by atoms with Crippen LogP contribution in [0.25, 0.3) is 11.4 Å². The van der Waals surface area contributed by atoms with Crippen molar-refractivity contribution in [2.24, 2.45) is 0 Å². The van der Waals surface area contributed by atoms with Gasteiger partial charge >= 0.3 is 0 Å². The van der Waals surface area contributed by atoms with Crippen LogP contribution in [0.4, 0.5) is 5.69 Å². The van der Waals surface area contributed by atoms with Crippen molar-refractivity contribution in [3.63, 3.8) is 0 Å². The second kappa shape index (κ2) is 10.7. The summed E-state index contributed by atoms with van der Waals surface area (Å²) in [5.74, 6) is 2.33. The molecule has 1 amide bonds. The number of methoxy groups -OCH3 is 1. The number of anilines is 1. The number of nitrogens with zero attached hydrogens (tertiary/aromatic N) is 4. The van der Waals surface area contributed by atoms with Crippen LogP contribution in [-0.4, -0.2) is 33.0 Å². The molecule has 0 bridgehead atoms. The maximum absolute atomic E-state index is 13.3. The molecule has 0 unspecified atom stereocenters. The third-order valence-electron chi connectivity index (χ3n) is 5.91. The van der Waals surface area contributed by atoms with Crippen LogP contribution in [0.2, 0.25) is 0 Å². The number of ether oxygens (including phenoxy) is 2. The first-order valence-corrected chi connectivity index (χ1v) is 12.1. The average molecular weight is 498 g/mol. The minimum absolute atomic E-state index is 0.108. The molecule has 2 heterocycles. The van der Waals surface area contributed by atoms with Gasteiger partial charge in [0.05, 0.1) is 18.2 Å². The normalized spacial score (nSPS) is 11.2. The summed E-state index contributed by atoms with van der Waals surface area (Å²) in [5.41, 5.74) is 3.51. The Kier molecular flexibility index (Phi) is 7.47. The highest BCUT2D eigenvalue weighted by molar-refractivity contribution is 6.06. The van der Waals surface area contributed by atoms with Gasteiger partial charge in [-0.25, -0.2) is 19.9 Å². The first-order valence-electron chi connectivity index (χ1n) is 12.1. The lowest BCUT2D eigenvalue weighted by Gasteiger charge is -2.21. The van der Waals surface area contributed by atoms with Gasteiger partial charge in [-0.05, 0) is 53.8 Å². The van der Waals surface area contributed by atoms with E-state index in [9.17, 15) is 4.79 Å². The van der Waals surface area contributed by atoms with Gasteiger partial charge in [0.2, 0.25) is 5.88 Å². The molecule has 0 aliphatic carbocycles. The molecule has 2 aromatic carbocycles. The number of nitrogens with one attached hydrogen (secondary N) is 1. The van der Waals surface area contributed by atoms with Gasteiger partial charge in [-0.15, -0.1) is 0 Å². The highest BCUT2D eigenvalue weighted by atomic mass is 16.5. The predicted octanol–water partition coefficient (Wildman–Crippen LogP) is 6.16. The highest BCUT2D eigenvalue weighted by Gasteiger charge is 2.20. The van der Waals surface area contributed by atoms with E-state index < -0.39 is 0 Å². The van der Waals surface area contributed by atoms with Gasteiger partial charge in [0.25, 0.3) is 5.91 Å². The smallest absolute Gasteiger partial charge is 0.259 e. The molecule has 8 nitrogen and oxygen atoms in total. The zero-order valence-electron chi connectivity index (χ0n) is 22.0. The van der Waals surface area contributed by atoms with E-state index in [2.05, 4.69) is 46.0 Å². The van der Waals surface area contributed by atoms with Crippen molar-refractivity contribution >= 4 is 11.6 Å². The number of carbonyl (C=O) groups excluding carboxylic acids is 1. The Labute approximate surface area is 217 Å². The minimum Gasteiger partial charge on any atom is -0.496 e. The van der Waals surface area contributed by atoms with Crippen LogP contribution in [0.3, 0.4) is 0 Å². The van der Waals surface area contributed by atoms with E-state index in [1.807, 2.05) is 50.2 Å². The Hall–Kier alpha value is -4.33. The van der Waals surface area contributed by atoms with E-state index in [1.54, 1.807) is 25.4 Å². The van der Waals surface area contributed by atoms with Crippen molar-refractivity contribution in [1.82, 2.24) is 19.9 Å². The standard InChI is InChI=1S/C29H31N5O3/c1-7-25-31-17-32-26(34-25)21-9-8-14-30-28(21)37-24-16-20(12-10-18(24)2)33-27(35)22-15-19(29(3,4)5)11-13-23(22)36-6/h8-17H,7H2,1-6H3,(H,33,35). The van der Waals surface area contributed by atoms with Crippen molar-refractivity contribution in [3.05, 3.63) is 83.6 Å². The fraction of sp³-hybridized carbons (Fsp3) is 0.276. The minimum atomic E-state index is -0.270. The fourth-order valence-corrected chi connectivity index (χ4v) is 3.71. The van der Waals surface area contributed by atoms with Crippen molar-refractivity contribution in [3.8, 4) is 28.8 Å². The van der Waals surface area contributed by atoms with Crippen LogP contribution in [0, 0.1) is 6.92 Å². The molecule has 0 atom stereocenters. The van der Waals surface area contributed by atoms with Gasteiger partial charge in [-0.1, -0.05) is 39.8 Å². The molecule has 0 spiro atoms. The molecule has 0 radical (unpaired) electrons. The van der Waals surface area contributed by atoms with Crippen LogP contribution in [0.5, 0.6) is 17.4 Å². The lowest BCUT2D eigenvalue weighted by Crippen LogP contribution is -2.17. The van der Waals surface area contributed by atoms with Crippen LogP contribution in [0.1, 0.15) is 55.0 Å². The number of benzene rings is 2. The molecule has 190 valence electrons. The summed E-state index contributed by atoms with van der Waals surface area (Å²) in [6.07, 6.45) is 3.83. The van der Waals surface area contributed by atoms with Crippen LogP contribution < -0.4 is 14.8 Å². The third kappa shape index (κ3) is 5.91. The number of pyridine rings is 1. The Morgan fingerprint density at radius 2 is 1.81 bits per heavy atom. The Balaban J connectivity index is 1.63. The molecule has 37 heavy (non-hydrogen) atoms. The van der Waals surface area contributed by atoms with E-state index in [1.165, 1.54) is 6.33 Å². The second-order valence-electron chi connectivity index (χ2n) is 9.64. The number of hydrogen-bond acceptors (Lipinski definition) is 7. The number of carbonyl (C=O) groups is 1. The number of rotatable bonds is 7. The van der Waals surface area contributed by atoms with Crippen LogP contribution in [-0.2, 0) is 11.8 Å². The Bertz CT molecular complexity index is 1430. The Morgan fingerprint density at radius 1 is 1.00 bits per heavy atom. The van der Waals surface area contributed by atoms with E-state index in [4.69, 9.17) is 9.47 Å². The van der Waals surface area contributed by atoms with E-state index in [0.717, 1.165) is 11.1 Å². The lowest BCUT2D eigenvalue weighted by atomic mass is 9.86. The van der Waals surface area contributed by atoms with Crippen LogP contribution >= 0.6 is 0 Å². The zero-order valence-corrected chi connectivity index (χ0v) is 22.0. The molecule has 0 saturated heterocycles. The average Bonchev–Trinajstić information content (AvgIpc) is 2.90. The fourth-order valence-electron chi connectivity index (χ4n) is 3.71. The van der Waals surface area contributed by atoms with Crippen LogP contribution in [0.15, 0.2) is 61.1 Å². The monoisotopic (exact) mass is 497 g/mol. The summed E-state index contributed by atoms with van der Waals surface area (Å²) in [4.78, 5) is 30.7. The van der Waals surface area contributed by atoms with E-state index in [-0.39, 0.29) is 11.3 Å². The number of amides is 1. The van der Waals surface area contributed by atoms with E-state index in [0.29, 0.717) is 52.3 Å². The largest absolute Gasteiger partial charge is 0.496 e. The first kappa shape index (κ1) is 25.8. The molecule has 4 aromatic rings. The van der Waals surface area contributed by atoms with Gasteiger partial charge in [0, 0.05) is 24.4 Å². The molecule has 8 heteroatoms. The van der Waals surface area contributed by atoms with Crippen molar-refractivity contribution in [2.75, 3.05) is 12.4 Å². The lowest BCUT2D eigenvalue weighted by molar-refractivity contribution is 0.102. The topological polar surface area (TPSA) is 99.1 Å². The van der Waals surface area contributed by atoms with Gasteiger partial charge < -0.3 is 14.8 Å². The summed E-state index contributed by atoms with van der Waals surface area (Å²) in [5, 5.41) is 2.97. The van der Waals surface area contributed by atoms with Crippen molar-refractivity contribution in [1.29, 1.82) is 0 Å². The summed E-state index contributed by atoms with van der Waals surface area (Å²) in [6, 6.07) is 14.8. The molecule has 4 rings (SSSR count). The molecular weight excluding hydrogens is 466 g/mol. The molecule has 0 aliphatic heterocycles. The zero-order chi connectivity index (χ0) is 26.6. The quantitative estimate of drug-likeness (QED) is 0.327. The summed E-state index contributed by atoms with van der Waals surface area (Å²) in [7, 11) is 1.56. The highest BCUT2D eigenvalue weighted by Crippen LogP contribution is 2.33. The molecule has 0 aliphatic rings. The maximum Gasteiger partial charge on any atom is 0.259 e. The Morgan fingerprint density at radius 3 is 2.54 bits per heavy atom.